The van der Waals surface area contributed by atoms with E-state index in [9.17, 15) is 0 Å². The molecule has 17 heavy (non-hydrogen) atoms. The van der Waals surface area contributed by atoms with Gasteiger partial charge in [0.1, 0.15) is 0 Å². The van der Waals surface area contributed by atoms with Crippen molar-refractivity contribution in [2.24, 2.45) is 17.8 Å². The van der Waals surface area contributed by atoms with E-state index in [1.165, 1.54) is 64.3 Å². The fourth-order valence-corrected chi connectivity index (χ4v) is 4.08. The first-order chi connectivity index (χ1) is 8.24. The van der Waals surface area contributed by atoms with Crippen molar-refractivity contribution < 1.29 is 0 Å². The Morgan fingerprint density at radius 1 is 0.882 bits per heavy atom. The van der Waals surface area contributed by atoms with Crippen LogP contribution < -0.4 is 5.32 Å². The van der Waals surface area contributed by atoms with Crippen molar-refractivity contribution in [2.75, 3.05) is 6.54 Å². The quantitative estimate of drug-likeness (QED) is 0.765. The zero-order valence-electron chi connectivity index (χ0n) is 11.9. The third kappa shape index (κ3) is 4.62. The van der Waals surface area contributed by atoms with Crippen molar-refractivity contribution in [3.63, 3.8) is 0 Å². The summed E-state index contributed by atoms with van der Waals surface area (Å²) in [5.41, 5.74) is 0. The third-order valence-electron chi connectivity index (χ3n) is 4.89. The van der Waals surface area contributed by atoms with Gasteiger partial charge in [-0.3, -0.25) is 0 Å². The maximum absolute atomic E-state index is 3.83. The summed E-state index contributed by atoms with van der Waals surface area (Å²) in [6, 6.07) is 0.817. The van der Waals surface area contributed by atoms with E-state index in [1.54, 1.807) is 0 Å². The molecule has 0 spiro atoms. The van der Waals surface area contributed by atoms with E-state index < -0.39 is 0 Å². The normalized spacial score (nSPS) is 36.0. The molecule has 2 unspecified atom stereocenters. The Balaban J connectivity index is 1.60. The van der Waals surface area contributed by atoms with Crippen LogP contribution in [0.15, 0.2) is 0 Å². The minimum atomic E-state index is 0.817. The summed E-state index contributed by atoms with van der Waals surface area (Å²) in [6.07, 6.45) is 13.2. The van der Waals surface area contributed by atoms with E-state index in [0.717, 1.165) is 23.8 Å². The molecule has 100 valence electrons. The summed E-state index contributed by atoms with van der Waals surface area (Å²) in [7, 11) is 0. The molecule has 0 radical (unpaired) electrons. The van der Waals surface area contributed by atoms with Crippen LogP contribution in [0.2, 0.25) is 0 Å². The first-order valence-corrected chi connectivity index (χ1v) is 7.97. The molecule has 2 saturated carbocycles. The number of nitrogens with one attached hydrogen (secondary N) is 1. The highest BCUT2D eigenvalue weighted by Gasteiger charge is 2.23. The average molecular weight is 237 g/mol. The SMILES string of the molecule is CC1CC(C)CC(NCCC2CCCCC2)C1. The van der Waals surface area contributed by atoms with Crippen LogP contribution in [-0.2, 0) is 0 Å². The minimum Gasteiger partial charge on any atom is -0.314 e. The lowest BCUT2D eigenvalue weighted by Crippen LogP contribution is -2.37. The molecule has 0 saturated heterocycles. The third-order valence-corrected chi connectivity index (χ3v) is 4.89. The van der Waals surface area contributed by atoms with Gasteiger partial charge >= 0.3 is 0 Å². The van der Waals surface area contributed by atoms with E-state index in [2.05, 4.69) is 19.2 Å². The molecule has 0 amide bonds. The summed E-state index contributed by atoms with van der Waals surface area (Å²) in [4.78, 5) is 0. The van der Waals surface area contributed by atoms with Crippen molar-refractivity contribution in [1.82, 2.24) is 5.32 Å². The summed E-state index contributed by atoms with van der Waals surface area (Å²) in [6.45, 7) is 6.12. The van der Waals surface area contributed by atoms with Crippen LogP contribution in [0.5, 0.6) is 0 Å². The second-order valence-corrected chi connectivity index (χ2v) is 6.86. The molecular formula is C16H31N. The smallest absolute Gasteiger partial charge is 0.00721 e. The highest BCUT2D eigenvalue weighted by atomic mass is 14.9. The molecule has 2 fully saturated rings. The monoisotopic (exact) mass is 237 g/mol. The van der Waals surface area contributed by atoms with Gasteiger partial charge in [-0.25, -0.2) is 0 Å². The average Bonchev–Trinajstić information content (AvgIpc) is 2.29. The van der Waals surface area contributed by atoms with Gasteiger partial charge in [0, 0.05) is 6.04 Å². The summed E-state index contributed by atoms with van der Waals surface area (Å²) in [5.74, 6) is 2.91. The van der Waals surface area contributed by atoms with Crippen molar-refractivity contribution in [3.8, 4) is 0 Å². The zero-order valence-corrected chi connectivity index (χ0v) is 11.9. The molecule has 2 aliphatic rings. The predicted molar refractivity (Wildman–Crippen MR) is 75.2 cm³/mol. The van der Waals surface area contributed by atoms with Gasteiger partial charge in [-0.1, -0.05) is 46.0 Å². The van der Waals surface area contributed by atoms with Crippen LogP contribution in [0.3, 0.4) is 0 Å². The van der Waals surface area contributed by atoms with Gasteiger partial charge in [0.25, 0.3) is 0 Å². The fourth-order valence-electron chi connectivity index (χ4n) is 4.08. The van der Waals surface area contributed by atoms with Crippen LogP contribution in [0.1, 0.15) is 71.6 Å². The van der Waals surface area contributed by atoms with Gasteiger partial charge in [-0.2, -0.15) is 0 Å². The minimum absolute atomic E-state index is 0.817. The van der Waals surface area contributed by atoms with E-state index in [-0.39, 0.29) is 0 Å². The predicted octanol–water partition coefficient (Wildman–Crippen LogP) is 4.37. The zero-order chi connectivity index (χ0) is 12.1. The van der Waals surface area contributed by atoms with Crippen LogP contribution in [0, 0.1) is 17.8 Å². The molecule has 1 N–H and O–H groups in total. The highest BCUT2D eigenvalue weighted by Crippen LogP contribution is 2.29. The van der Waals surface area contributed by atoms with Crippen LogP contribution in [0.25, 0.3) is 0 Å². The van der Waals surface area contributed by atoms with Crippen LogP contribution >= 0.6 is 0 Å². The van der Waals surface area contributed by atoms with Crippen molar-refractivity contribution in [1.29, 1.82) is 0 Å². The lowest BCUT2D eigenvalue weighted by Gasteiger charge is -2.32. The molecule has 0 aromatic carbocycles. The topological polar surface area (TPSA) is 12.0 Å². The molecule has 1 nitrogen and oxygen atoms in total. The lowest BCUT2D eigenvalue weighted by atomic mass is 9.80. The number of hydrogen-bond acceptors (Lipinski definition) is 1. The molecule has 0 heterocycles. The first kappa shape index (κ1) is 13.4. The van der Waals surface area contributed by atoms with Crippen molar-refractivity contribution in [2.45, 2.75) is 77.7 Å². The Morgan fingerprint density at radius 2 is 1.53 bits per heavy atom. The van der Waals surface area contributed by atoms with Gasteiger partial charge in [0.05, 0.1) is 0 Å². The largest absolute Gasteiger partial charge is 0.314 e. The van der Waals surface area contributed by atoms with Gasteiger partial charge in [-0.15, -0.1) is 0 Å². The molecule has 2 rings (SSSR count). The summed E-state index contributed by atoms with van der Waals surface area (Å²) >= 11 is 0. The second-order valence-electron chi connectivity index (χ2n) is 6.86. The van der Waals surface area contributed by atoms with Gasteiger partial charge in [0.2, 0.25) is 0 Å². The fraction of sp³-hybridized carbons (Fsp3) is 1.00. The molecule has 0 aromatic heterocycles. The van der Waals surface area contributed by atoms with Crippen molar-refractivity contribution in [3.05, 3.63) is 0 Å². The Kier molecular flexibility index (Phi) is 5.34. The standard InChI is InChI=1S/C16H31N/c1-13-10-14(2)12-16(11-13)17-9-8-15-6-4-3-5-7-15/h13-17H,3-12H2,1-2H3. The molecular weight excluding hydrogens is 206 g/mol. The Labute approximate surface area is 108 Å². The van der Waals surface area contributed by atoms with Gasteiger partial charge in [0.15, 0.2) is 0 Å². The number of rotatable bonds is 4. The summed E-state index contributed by atoms with van der Waals surface area (Å²) in [5, 5.41) is 3.83. The number of hydrogen-bond donors (Lipinski definition) is 1. The Morgan fingerprint density at radius 3 is 2.18 bits per heavy atom. The van der Waals surface area contributed by atoms with E-state index in [0.29, 0.717) is 0 Å². The molecule has 2 aliphatic carbocycles. The summed E-state index contributed by atoms with van der Waals surface area (Å²) < 4.78 is 0. The van der Waals surface area contributed by atoms with Crippen molar-refractivity contribution >= 4 is 0 Å². The highest BCUT2D eigenvalue weighted by molar-refractivity contribution is 4.80. The van der Waals surface area contributed by atoms with Crippen LogP contribution in [0.4, 0.5) is 0 Å². The van der Waals surface area contributed by atoms with E-state index >= 15 is 0 Å². The van der Waals surface area contributed by atoms with E-state index in [1.807, 2.05) is 0 Å². The van der Waals surface area contributed by atoms with Crippen LogP contribution in [-0.4, -0.2) is 12.6 Å². The van der Waals surface area contributed by atoms with Gasteiger partial charge in [-0.05, 0) is 50.0 Å². The molecule has 1 heteroatoms. The molecule has 0 bridgehead atoms. The Hall–Kier alpha value is -0.0400. The first-order valence-electron chi connectivity index (χ1n) is 7.97. The van der Waals surface area contributed by atoms with E-state index in [4.69, 9.17) is 0 Å². The molecule has 0 aliphatic heterocycles. The Bertz CT molecular complexity index is 198. The maximum atomic E-state index is 3.83. The maximum Gasteiger partial charge on any atom is 0.00721 e. The lowest BCUT2D eigenvalue weighted by molar-refractivity contribution is 0.232. The molecule has 0 aromatic rings. The molecule has 2 atom stereocenters. The second kappa shape index (κ2) is 6.78. The van der Waals surface area contributed by atoms with Gasteiger partial charge < -0.3 is 5.32 Å².